The normalized spacial score (nSPS) is 14.1. The van der Waals surface area contributed by atoms with E-state index in [9.17, 15) is 13.2 Å². The number of ether oxygens (including phenoxy) is 3. The number of methoxy groups -OCH3 is 2. The molecule has 0 unspecified atom stereocenters. The second kappa shape index (κ2) is 8.39. The first-order valence-corrected chi connectivity index (χ1v) is 11.0. The quantitative estimate of drug-likeness (QED) is 0.405. The summed E-state index contributed by atoms with van der Waals surface area (Å²) in [5.74, 6) is 1.13. The maximum absolute atomic E-state index is 12.7. The van der Waals surface area contributed by atoms with Crippen LogP contribution in [0.15, 0.2) is 71.3 Å². The van der Waals surface area contributed by atoms with Crippen molar-refractivity contribution in [2.45, 2.75) is 11.8 Å². The van der Waals surface area contributed by atoms with E-state index in [2.05, 4.69) is 0 Å². The molecule has 4 rings (SSSR count). The topological polar surface area (TPSA) is 88.1 Å². The number of carbonyl (C=O) groups is 1. The van der Waals surface area contributed by atoms with E-state index in [1.165, 1.54) is 44.6 Å². The van der Waals surface area contributed by atoms with Gasteiger partial charge in [-0.3, -0.25) is 4.79 Å². The molecule has 3 aromatic carbocycles. The number of hydrogen-bond acceptors (Lipinski definition) is 7. The molecule has 1 heterocycles. The van der Waals surface area contributed by atoms with Gasteiger partial charge in [-0.15, -0.1) is 0 Å². The van der Waals surface area contributed by atoms with Crippen LogP contribution in [0.3, 0.4) is 0 Å². The second-order valence-electron chi connectivity index (χ2n) is 7.06. The highest BCUT2D eigenvalue weighted by Gasteiger charge is 2.28. The van der Waals surface area contributed by atoms with E-state index in [0.717, 1.165) is 5.56 Å². The number of fused-ring (bicyclic) bond motifs is 1. The van der Waals surface area contributed by atoms with Crippen molar-refractivity contribution in [1.29, 1.82) is 0 Å². The number of aryl methyl sites for hydroxylation is 1. The zero-order valence-corrected chi connectivity index (χ0v) is 18.4. The molecule has 0 radical (unpaired) electrons. The molecule has 0 fully saturated rings. The summed E-state index contributed by atoms with van der Waals surface area (Å²) in [6, 6.07) is 15.8. The highest BCUT2D eigenvalue weighted by molar-refractivity contribution is 7.87. The molecule has 1 aliphatic heterocycles. The predicted octanol–water partition coefficient (Wildman–Crippen LogP) is 4.40. The Bertz CT molecular complexity index is 1320. The van der Waals surface area contributed by atoms with E-state index in [0.29, 0.717) is 22.6 Å². The lowest BCUT2D eigenvalue weighted by atomic mass is 10.1. The Labute approximate surface area is 185 Å². The van der Waals surface area contributed by atoms with Crippen LogP contribution in [0.4, 0.5) is 0 Å². The van der Waals surface area contributed by atoms with Crippen molar-refractivity contribution in [3.8, 4) is 23.0 Å². The van der Waals surface area contributed by atoms with Gasteiger partial charge in [0.2, 0.25) is 5.78 Å². The molecule has 0 N–H and O–H groups in total. The number of benzene rings is 3. The Morgan fingerprint density at radius 1 is 0.875 bits per heavy atom. The van der Waals surface area contributed by atoms with E-state index >= 15 is 0 Å². The van der Waals surface area contributed by atoms with Crippen molar-refractivity contribution in [2.75, 3.05) is 14.2 Å². The average Bonchev–Trinajstić information content (AvgIpc) is 3.08. The van der Waals surface area contributed by atoms with E-state index in [4.69, 9.17) is 18.4 Å². The van der Waals surface area contributed by atoms with Crippen LogP contribution in [0, 0.1) is 6.92 Å². The zero-order valence-electron chi connectivity index (χ0n) is 17.6. The van der Waals surface area contributed by atoms with Gasteiger partial charge >= 0.3 is 10.1 Å². The molecule has 7 nitrogen and oxygen atoms in total. The van der Waals surface area contributed by atoms with Gasteiger partial charge in [0.1, 0.15) is 16.4 Å². The fourth-order valence-corrected chi connectivity index (χ4v) is 4.12. The standard InChI is InChI=1S/C24H20O7S/c1-15-4-8-18(9-5-15)32(26,27)31-17-7-10-19-21(14-17)30-23(24(19)25)13-16-6-11-20(28-2)22(12-16)29-3/h4-14H,1-3H3. The fourth-order valence-electron chi connectivity index (χ4n) is 3.19. The summed E-state index contributed by atoms with van der Waals surface area (Å²) in [6.45, 7) is 1.86. The molecule has 32 heavy (non-hydrogen) atoms. The van der Waals surface area contributed by atoms with E-state index < -0.39 is 10.1 Å². The fraction of sp³-hybridized carbons (Fsp3) is 0.125. The highest BCUT2D eigenvalue weighted by Crippen LogP contribution is 2.36. The van der Waals surface area contributed by atoms with Gasteiger partial charge in [-0.2, -0.15) is 8.42 Å². The van der Waals surface area contributed by atoms with Crippen LogP contribution in [0.2, 0.25) is 0 Å². The van der Waals surface area contributed by atoms with Gasteiger partial charge < -0.3 is 18.4 Å². The van der Waals surface area contributed by atoms with Gasteiger partial charge in [-0.25, -0.2) is 0 Å². The summed E-state index contributed by atoms with van der Waals surface area (Å²) in [4.78, 5) is 12.8. The van der Waals surface area contributed by atoms with Crippen molar-refractivity contribution in [1.82, 2.24) is 0 Å². The maximum Gasteiger partial charge on any atom is 0.339 e. The molecule has 0 amide bonds. The molecule has 0 saturated carbocycles. The van der Waals surface area contributed by atoms with Crippen LogP contribution in [0.5, 0.6) is 23.0 Å². The molecular weight excluding hydrogens is 432 g/mol. The van der Waals surface area contributed by atoms with Crippen molar-refractivity contribution in [3.63, 3.8) is 0 Å². The summed E-state index contributed by atoms with van der Waals surface area (Å²) < 4.78 is 46.5. The number of allylic oxidation sites excluding steroid dienone is 1. The van der Waals surface area contributed by atoms with Crippen molar-refractivity contribution in [3.05, 3.63) is 83.1 Å². The van der Waals surface area contributed by atoms with E-state index in [1.807, 2.05) is 6.92 Å². The maximum atomic E-state index is 12.7. The van der Waals surface area contributed by atoms with Gasteiger partial charge in [0, 0.05) is 6.07 Å². The van der Waals surface area contributed by atoms with Gasteiger partial charge in [-0.1, -0.05) is 23.8 Å². The third-order valence-electron chi connectivity index (χ3n) is 4.86. The molecule has 164 valence electrons. The summed E-state index contributed by atoms with van der Waals surface area (Å²) in [6.07, 6.45) is 1.58. The number of Topliss-reactive ketones (excluding diaryl/α,β-unsaturated/α-hetero) is 1. The minimum atomic E-state index is -4.02. The Morgan fingerprint density at radius 2 is 1.59 bits per heavy atom. The van der Waals surface area contributed by atoms with Crippen LogP contribution in [-0.2, 0) is 10.1 Å². The number of carbonyl (C=O) groups excluding carboxylic acids is 1. The van der Waals surface area contributed by atoms with Crippen LogP contribution >= 0.6 is 0 Å². The zero-order chi connectivity index (χ0) is 22.9. The first-order valence-electron chi connectivity index (χ1n) is 9.62. The Morgan fingerprint density at radius 3 is 2.28 bits per heavy atom. The van der Waals surface area contributed by atoms with E-state index in [1.54, 1.807) is 36.4 Å². The first-order chi connectivity index (χ1) is 15.3. The minimum absolute atomic E-state index is 0.0367. The van der Waals surface area contributed by atoms with Crippen LogP contribution in [-0.4, -0.2) is 28.4 Å². The summed E-state index contributed by atoms with van der Waals surface area (Å²) in [5.41, 5.74) is 1.93. The number of hydrogen-bond donors (Lipinski definition) is 0. The number of ketones is 1. The smallest absolute Gasteiger partial charge is 0.339 e. The van der Waals surface area contributed by atoms with Crippen LogP contribution in [0.1, 0.15) is 21.5 Å². The van der Waals surface area contributed by atoms with Gasteiger partial charge in [0.15, 0.2) is 17.3 Å². The van der Waals surface area contributed by atoms with Crippen molar-refractivity contribution < 1.29 is 31.6 Å². The molecule has 0 aliphatic carbocycles. The lowest BCUT2D eigenvalue weighted by Gasteiger charge is -2.08. The van der Waals surface area contributed by atoms with Crippen molar-refractivity contribution >= 4 is 22.0 Å². The predicted molar refractivity (Wildman–Crippen MR) is 118 cm³/mol. The monoisotopic (exact) mass is 452 g/mol. The van der Waals surface area contributed by atoms with Crippen molar-refractivity contribution in [2.24, 2.45) is 0 Å². The number of rotatable bonds is 6. The van der Waals surface area contributed by atoms with Gasteiger partial charge in [-0.05, 0) is 55.0 Å². The Hall–Kier alpha value is -3.78. The molecule has 0 atom stereocenters. The molecule has 0 saturated heterocycles. The molecule has 0 aromatic heterocycles. The molecule has 8 heteroatoms. The largest absolute Gasteiger partial charge is 0.493 e. The third kappa shape index (κ3) is 4.17. The van der Waals surface area contributed by atoms with Crippen LogP contribution in [0.25, 0.3) is 6.08 Å². The summed E-state index contributed by atoms with van der Waals surface area (Å²) in [7, 11) is -0.960. The molecule has 1 aliphatic rings. The molecular formula is C24H20O7S. The SMILES string of the molecule is COc1ccc(C=C2Oc3cc(OS(=O)(=O)c4ccc(C)cc4)ccc3C2=O)cc1OC. The second-order valence-corrected chi connectivity index (χ2v) is 8.61. The first kappa shape index (κ1) is 21.5. The van der Waals surface area contributed by atoms with Gasteiger partial charge in [0.25, 0.3) is 0 Å². The molecule has 0 bridgehead atoms. The third-order valence-corrected chi connectivity index (χ3v) is 6.12. The highest BCUT2D eigenvalue weighted by atomic mass is 32.2. The average molecular weight is 452 g/mol. The van der Waals surface area contributed by atoms with Gasteiger partial charge in [0.05, 0.1) is 19.8 Å². The summed E-state index contributed by atoms with van der Waals surface area (Å²) in [5, 5.41) is 0. The summed E-state index contributed by atoms with van der Waals surface area (Å²) >= 11 is 0. The lowest BCUT2D eigenvalue weighted by Crippen LogP contribution is -2.09. The molecule has 0 spiro atoms. The van der Waals surface area contributed by atoms with Crippen LogP contribution < -0.4 is 18.4 Å². The Balaban J connectivity index is 1.58. The van der Waals surface area contributed by atoms with E-state index in [-0.39, 0.29) is 27.9 Å². The lowest BCUT2D eigenvalue weighted by molar-refractivity contribution is 0.101. The Kier molecular flexibility index (Phi) is 5.63. The molecule has 3 aromatic rings. The minimum Gasteiger partial charge on any atom is -0.493 e.